The van der Waals surface area contributed by atoms with Crippen molar-refractivity contribution in [2.45, 2.75) is 12.5 Å². The second kappa shape index (κ2) is 5.95. The minimum atomic E-state index is -0.183. The molecule has 0 aromatic carbocycles. The van der Waals surface area contributed by atoms with Gasteiger partial charge in [0.25, 0.3) is 0 Å². The summed E-state index contributed by atoms with van der Waals surface area (Å²) < 4.78 is 9.98. The highest BCUT2D eigenvalue weighted by atomic mass is 16.5. The lowest BCUT2D eigenvalue weighted by molar-refractivity contribution is -0.125. The number of carbonyl (C=O) groups is 1. The molecule has 0 aromatic heterocycles. The fraction of sp³-hybridized carbons (Fsp3) is 0.889. The van der Waals surface area contributed by atoms with Gasteiger partial charge in [-0.05, 0) is 6.42 Å². The van der Waals surface area contributed by atoms with Gasteiger partial charge >= 0.3 is 0 Å². The number of rotatable bonds is 5. The molecule has 3 N–H and O–H groups in total. The highest BCUT2D eigenvalue weighted by Gasteiger charge is 2.30. The summed E-state index contributed by atoms with van der Waals surface area (Å²) in [6.45, 7) is 2.22. The molecule has 0 aromatic rings. The molecule has 2 unspecified atom stereocenters. The summed E-state index contributed by atoms with van der Waals surface area (Å²) in [6.07, 6.45) is 0.824. The van der Waals surface area contributed by atoms with E-state index in [9.17, 15) is 4.79 Å². The molecule has 5 heteroatoms. The van der Waals surface area contributed by atoms with E-state index in [0.717, 1.165) is 6.42 Å². The van der Waals surface area contributed by atoms with E-state index in [1.54, 1.807) is 7.11 Å². The van der Waals surface area contributed by atoms with Crippen LogP contribution >= 0.6 is 0 Å². The van der Waals surface area contributed by atoms with Crippen LogP contribution in [0.5, 0.6) is 0 Å². The Morgan fingerprint density at radius 3 is 3.00 bits per heavy atom. The van der Waals surface area contributed by atoms with Crippen molar-refractivity contribution in [3.05, 3.63) is 0 Å². The van der Waals surface area contributed by atoms with Crippen molar-refractivity contribution < 1.29 is 14.3 Å². The minimum Gasteiger partial charge on any atom is -0.385 e. The van der Waals surface area contributed by atoms with Crippen molar-refractivity contribution >= 4 is 5.91 Å². The first kappa shape index (κ1) is 11.4. The Bertz CT molecular complexity index is 187. The van der Waals surface area contributed by atoms with Gasteiger partial charge in [-0.25, -0.2) is 0 Å². The van der Waals surface area contributed by atoms with E-state index in [1.807, 2.05) is 0 Å². The van der Waals surface area contributed by atoms with Crippen molar-refractivity contribution in [2.75, 3.05) is 33.5 Å². The quantitative estimate of drug-likeness (QED) is 0.567. The molecule has 0 spiro atoms. The lowest BCUT2D eigenvalue weighted by Crippen LogP contribution is -2.41. The maximum atomic E-state index is 11.5. The molecule has 1 saturated heterocycles. The smallest absolute Gasteiger partial charge is 0.227 e. The SMILES string of the molecule is COCCCNC(=O)C1COCC1N. The minimum absolute atomic E-state index is 0.00824. The molecular weight excluding hydrogens is 184 g/mol. The Balaban J connectivity index is 2.14. The van der Waals surface area contributed by atoms with Gasteiger partial charge in [-0.3, -0.25) is 4.79 Å². The van der Waals surface area contributed by atoms with Gasteiger partial charge in [0.2, 0.25) is 5.91 Å². The highest BCUT2D eigenvalue weighted by Crippen LogP contribution is 2.11. The van der Waals surface area contributed by atoms with Crippen molar-refractivity contribution in [1.29, 1.82) is 0 Å². The molecule has 1 heterocycles. The van der Waals surface area contributed by atoms with E-state index < -0.39 is 0 Å². The normalized spacial score (nSPS) is 26.4. The molecule has 1 rings (SSSR count). The molecule has 14 heavy (non-hydrogen) atoms. The maximum absolute atomic E-state index is 11.5. The third-order valence-electron chi connectivity index (χ3n) is 2.29. The Morgan fingerprint density at radius 2 is 2.43 bits per heavy atom. The standard InChI is InChI=1S/C9H18N2O3/c1-13-4-2-3-11-9(12)7-5-14-6-8(7)10/h7-8H,2-6,10H2,1H3,(H,11,12). The maximum Gasteiger partial charge on any atom is 0.227 e. The van der Waals surface area contributed by atoms with Gasteiger partial charge in [0.05, 0.1) is 19.1 Å². The molecule has 0 bridgehead atoms. The summed E-state index contributed by atoms with van der Waals surface area (Å²) in [5.41, 5.74) is 5.70. The lowest BCUT2D eigenvalue weighted by atomic mass is 10.0. The number of methoxy groups -OCH3 is 1. The molecular formula is C9H18N2O3. The first-order chi connectivity index (χ1) is 6.75. The number of amides is 1. The van der Waals surface area contributed by atoms with E-state index in [2.05, 4.69) is 5.32 Å². The zero-order chi connectivity index (χ0) is 10.4. The summed E-state index contributed by atoms with van der Waals surface area (Å²) in [6, 6.07) is -0.155. The Morgan fingerprint density at radius 1 is 1.64 bits per heavy atom. The number of nitrogens with one attached hydrogen (secondary N) is 1. The number of ether oxygens (including phenoxy) is 2. The van der Waals surface area contributed by atoms with E-state index in [4.69, 9.17) is 15.2 Å². The molecule has 5 nitrogen and oxygen atoms in total. The number of nitrogens with two attached hydrogens (primary N) is 1. The van der Waals surface area contributed by atoms with Crippen molar-refractivity contribution in [3.8, 4) is 0 Å². The van der Waals surface area contributed by atoms with Crippen LogP contribution in [0, 0.1) is 5.92 Å². The van der Waals surface area contributed by atoms with Crippen molar-refractivity contribution in [2.24, 2.45) is 11.7 Å². The molecule has 1 amide bonds. The highest BCUT2D eigenvalue weighted by molar-refractivity contribution is 5.79. The molecule has 0 radical (unpaired) electrons. The number of hydrogen-bond donors (Lipinski definition) is 2. The molecule has 0 aliphatic carbocycles. The van der Waals surface area contributed by atoms with Gasteiger partial charge in [0.1, 0.15) is 0 Å². The molecule has 82 valence electrons. The van der Waals surface area contributed by atoms with Crippen LogP contribution in [-0.4, -0.2) is 45.4 Å². The fourth-order valence-electron chi connectivity index (χ4n) is 1.40. The van der Waals surface area contributed by atoms with Gasteiger partial charge < -0.3 is 20.5 Å². The third kappa shape index (κ3) is 3.25. The predicted molar refractivity (Wildman–Crippen MR) is 51.8 cm³/mol. The molecule has 1 aliphatic heterocycles. The third-order valence-corrected chi connectivity index (χ3v) is 2.29. The Hall–Kier alpha value is -0.650. The molecule has 0 saturated carbocycles. The van der Waals surface area contributed by atoms with Crippen LogP contribution in [0.25, 0.3) is 0 Å². The molecule has 2 atom stereocenters. The second-order valence-corrected chi connectivity index (χ2v) is 3.45. The lowest BCUT2D eigenvalue weighted by Gasteiger charge is -2.12. The number of carbonyl (C=O) groups excluding carboxylic acids is 1. The van der Waals surface area contributed by atoms with Crippen LogP contribution in [0.3, 0.4) is 0 Å². The molecule has 1 aliphatic rings. The summed E-state index contributed by atoms with van der Waals surface area (Å²) in [5, 5.41) is 2.81. The van der Waals surface area contributed by atoms with E-state index in [1.165, 1.54) is 0 Å². The van der Waals surface area contributed by atoms with Crippen LogP contribution in [0.1, 0.15) is 6.42 Å². The summed E-state index contributed by atoms with van der Waals surface area (Å²) >= 11 is 0. The predicted octanol–water partition coefficient (Wildman–Crippen LogP) is -0.887. The average molecular weight is 202 g/mol. The van der Waals surface area contributed by atoms with E-state index >= 15 is 0 Å². The first-order valence-corrected chi connectivity index (χ1v) is 4.85. The Kier molecular flexibility index (Phi) is 4.86. The van der Waals surface area contributed by atoms with E-state index in [0.29, 0.717) is 26.4 Å². The van der Waals surface area contributed by atoms with Gasteiger partial charge in [0.15, 0.2) is 0 Å². The first-order valence-electron chi connectivity index (χ1n) is 4.85. The largest absolute Gasteiger partial charge is 0.385 e. The molecule has 1 fully saturated rings. The van der Waals surface area contributed by atoms with Crippen LogP contribution < -0.4 is 11.1 Å². The van der Waals surface area contributed by atoms with Crippen molar-refractivity contribution in [3.63, 3.8) is 0 Å². The zero-order valence-electron chi connectivity index (χ0n) is 8.49. The summed E-state index contributed by atoms with van der Waals surface area (Å²) in [7, 11) is 1.64. The van der Waals surface area contributed by atoms with E-state index in [-0.39, 0.29) is 17.9 Å². The number of hydrogen-bond acceptors (Lipinski definition) is 4. The van der Waals surface area contributed by atoms with Crippen LogP contribution in [-0.2, 0) is 14.3 Å². The second-order valence-electron chi connectivity index (χ2n) is 3.45. The monoisotopic (exact) mass is 202 g/mol. The summed E-state index contributed by atoms with van der Waals surface area (Å²) in [5.74, 6) is -0.191. The summed E-state index contributed by atoms with van der Waals surface area (Å²) in [4.78, 5) is 11.5. The van der Waals surface area contributed by atoms with Gasteiger partial charge in [-0.2, -0.15) is 0 Å². The van der Waals surface area contributed by atoms with Gasteiger partial charge in [-0.15, -0.1) is 0 Å². The zero-order valence-corrected chi connectivity index (χ0v) is 8.49. The van der Waals surface area contributed by atoms with Crippen LogP contribution in [0.2, 0.25) is 0 Å². The van der Waals surface area contributed by atoms with Crippen LogP contribution in [0.4, 0.5) is 0 Å². The average Bonchev–Trinajstić information content (AvgIpc) is 2.59. The van der Waals surface area contributed by atoms with Gasteiger partial charge in [-0.1, -0.05) is 0 Å². The Labute approximate surface area is 83.9 Å². The topological polar surface area (TPSA) is 73.6 Å². The van der Waals surface area contributed by atoms with Gasteiger partial charge in [0, 0.05) is 26.3 Å². The fourth-order valence-corrected chi connectivity index (χ4v) is 1.40. The van der Waals surface area contributed by atoms with Crippen molar-refractivity contribution in [1.82, 2.24) is 5.32 Å². The van der Waals surface area contributed by atoms with Crippen LogP contribution in [0.15, 0.2) is 0 Å².